The molecule has 1 fully saturated rings. The number of aromatic nitrogens is 2. The molecule has 0 unspecified atom stereocenters. The number of amides is 3. The average Bonchev–Trinajstić information content (AvgIpc) is 3.18. The van der Waals surface area contributed by atoms with Crippen LogP contribution in [-0.2, 0) is 16.0 Å². The normalized spacial score (nSPS) is 17.1. The number of carbonyl (C=O) groups excluding carboxylic acids is 4. The second-order valence-corrected chi connectivity index (χ2v) is 13.1. The standard InChI is InChI=1S/C31H43N5O6/c1-8-9-10-21(35-28(39)26-18(2)25-22(34-26)13-31(6,7)14-23(25)37)27(38)33-19-11-12-24(32-15-19)41-20-16-36(17-20)29(40)42-30(3,4)5/h11-12,15,20-21,34H,8-10,13-14,16-17H2,1-7H3,(H,33,38)(H,35,39)/t21-/m0/s1. The summed E-state index contributed by atoms with van der Waals surface area (Å²) in [6, 6.07) is 2.56. The van der Waals surface area contributed by atoms with Gasteiger partial charge in [0.15, 0.2) is 5.78 Å². The van der Waals surface area contributed by atoms with Crippen LogP contribution in [0.4, 0.5) is 10.5 Å². The first-order chi connectivity index (χ1) is 19.7. The van der Waals surface area contributed by atoms with E-state index in [1.54, 1.807) is 24.0 Å². The number of rotatable bonds is 9. The first kappa shape index (κ1) is 31.1. The molecule has 2 aromatic rings. The highest BCUT2D eigenvalue weighted by molar-refractivity contribution is 6.06. The molecule has 0 saturated carbocycles. The number of carbonyl (C=O) groups is 4. The molecule has 3 amide bonds. The number of anilines is 1. The highest BCUT2D eigenvalue weighted by Crippen LogP contribution is 2.36. The zero-order valence-electron chi connectivity index (χ0n) is 25.7. The van der Waals surface area contributed by atoms with E-state index in [2.05, 4.69) is 20.6 Å². The Hall–Kier alpha value is -3.89. The van der Waals surface area contributed by atoms with Crippen molar-refractivity contribution < 1.29 is 28.7 Å². The molecule has 2 aromatic heterocycles. The molecule has 0 bridgehead atoms. The molecule has 3 heterocycles. The third kappa shape index (κ3) is 7.49. The number of H-pyrrole nitrogens is 1. The number of hydrogen-bond acceptors (Lipinski definition) is 7. The Morgan fingerprint density at radius 1 is 1.19 bits per heavy atom. The molecule has 1 atom stereocenters. The average molecular weight is 582 g/mol. The third-order valence-corrected chi connectivity index (χ3v) is 7.39. The molecule has 1 aliphatic carbocycles. The SMILES string of the molecule is CCCC[C@H](NC(=O)c1[nH]c2c(c1C)C(=O)CC(C)(C)C2)C(=O)Nc1ccc(OC2CN(C(=O)OC(C)(C)C)C2)nc1. The van der Waals surface area contributed by atoms with Crippen molar-refractivity contribution in [2.24, 2.45) is 5.41 Å². The van der Waals surface area contributed by atoms with Crippen LogP contribution in [0.1, 0.15) is 99.3 Å². The number of Topliss-reactive ketones (excluding diaryl/α,β-unsaturated/α-hetero) is 1. The summed E-state index contributed by atoms with van der Waals surface area (Å²) in [7, 11) is 0. The lowest BCUT2D eigenvalue weighted by Gasteiger charge is -2.39. The molecule has 0 aromatic carbocycles. The molecule has 0 radical (unpaired) electrons. The Morgan fingerprint density at radius 2 is 1.90 bits per heavy atom. The Morgan fingerprint density at radius 3 is 2.52 bits per heavy atom. The van der Waals surface area contributed by atoms with Gasteiger partial charge in [0.05, 0.1) is 25.0 Å². The topological polar surface area (TPSA) is 143 Å². The summed E-state index contributed by atoms with van der Waals surface area (Å²) in [6.45, 7) is 14.1. The van der Waals surface area contributed by atoms with Crippen LogP contribution in [0.25, 0.3) is 0 Å². The number of nitrogens with one attached hydrogen (secondary N) is 3. The molecule has 11 nitrogen and oxygen atoms in total. The molecule has 2 aliphatic rings. The highest BCUT2D eigenvalue weighted by Gasteiger charge is 2.37. The minimum absolute atomic E-state index is 0.0342. The van der Waals surface area contributed by atoms with E-state index in [4.69, 9.17) is 9.47 Å². The van der Waals surface area contributed by atoms with Crippen LogP contribution < -0.4 is 15.4 Å². The van der Waals surface area contributed by atoms with Crippen LogP contribution >= 0.6 is 0 Å². The van der Waals surface area contributed by atoms with Gasteiger partial charge in [-0.05, 0) is 57.6 Å². The molecule has 1 saturated heterocycles. The summed E-state index contributed by atoms with van der Waals surface area (Å²) in [4.78, 5) is 60.4. The molecule has 11 heteroatoms. The highest BCUT2D eigenvalue weighted by atomic mass is 16.6. The molecular formula is C31H43N5O6. The number of hydrogen-bond donors (Lipinski definition) is 3. The van der Waals surface area contributed by atoms with Gasteiger partial charge in [-0.1, -0.05) is 33.6 Å². The molecule has 0 spiro atoms. The van der Waals surface area contributed by atoms with Crippen LogP contribution in [0.3, 0.4) is 0 Å². The smallest absolute Gasteiger partial charge is 0.410 e. The van der Waals surface area contributed by atoms with Gasteiger partial charge < -0.3 is 30.0 Å². The number of ketones is 1. The van der Waals surface area contributed by atoms with Gasteiger partial charge in [0.25, 0.3) is 5.91 Å². The van der Waals surface area contributed by atoms with Gasteiger partial charge in [0.1, 0.15) is 23.4 Å². The van der Waals surface area contributed by atoms with E-state index in [1.165, 1.54) is 6.20 Å². The maximum atomic E-state index is 13.3. The summed E-state index contributed by atoms with van der Waals surface area (Å²) >= 11 is 0. The molecular weight excluding hydrogens is 538 g/mol. The fourth-order valence-electron chi connectivity index (χ4n) is 5.28. The van der Waals surface area contributed by atoms with Crippen LogP contribution in [0, 0.1) is 12.3 Å². The summed E-state index contributed by atoms with van der Waals surface area (Å²) < 4.78 is 11.2. The summed E-state index contributed by atoms with van der Waals surface area (Å²) in [5.74, 6) is -0.356. The van der Waals surface area contributed by atoms with E-state index >= 15 is 0 Å². The van der Waals surface area contributed by atoms with Gasteiger partial charge in [0, 0.05) is 23.7 Å². The first-order valence-corrected chi connectivity index (χ1v) is 14.6. The van der Waals surface area contributed by atoms with Crippen LogP contribution in [-0.4, -0.2) is 69.4 Å². The van der Waals surface area contributed by atoms with Crippen LogP contribution in [0.5, 0.6) is 5.88 Å². The van der Waals surface area contributed by atoms with Crippen molar-refractivity contribution in [3.63, 3.8) is 0 Å². The lowest BCUT2D eigenvalue weighted by Crippen LogP contribution is -2.57. The second-order valence-electron chi connectivity index (χ2n) is 13.1. The zero-order valence-corrected chi connectivity index (χ0v) is 25.7. The van der Waals surface area contributed by atoms with Crippen molar-refractivity contribution in [2.75, 3.05) is 18.4 Å². The molecule has 1 aliphatic heterocycles. The Labute approximate surface area is 247 Å². The maximum Gasteiger partial charge on any atom is 0.410 e. The van der Waals surface area contributed by atoms with E-state index in [0.717, 1.165) is 18.5 Å². The van der Waals surface area contributed by atoms with Crippen molar-refractivity contribution in [3.8, 4) is 5.88 Å². The molecule has 4 rings (SSSR count). The van der Waals surface area contributed by atoms with E-state index in [-0.39, 0.29) is 29.3 Å². The van der Waals surface area contributed by atoms with Crippen molar-refractivity contribution in [1.29, 1.82) is 0 Å². The number of unbranched alkanes of at least 4 members (excludes halogenated alkanes) is 1. The van der Waals surface area contributed by atoms with Crippen molar-refractivity contribution >= 4 is 29.4 Å². The number of likely N-dealkylation sites (tertiary alicyclic amines) is 1. The van der Waals surface area contributed by atoms with Crippen molar-refractivity contribution in [2.45, 2.75) is 98.3 Å². The number of fused-ring (bicyclic) bond motifs is 1. The van der Waals surface area contributed by atoms with E-state index in [0.29, 0.717) is 60.7 Å². The summed E-state index contributed by atoms with van der Waals surface area (Å²) in [5.41, 5.74) is 2.06. The molecule has 3 N–H and O–H groups in total. The van der Waals surface area contributed by atoms with E-state index in [1.807, 2.05) is 41.5 Å². The van der Waals surface area contributed by atoms with Gasteiger partial charge in [-0.25, -0.2) is 9.78 Å². The van der Waals surface area contributed by atoms with Gasteiger partial charge in [-0.2, -0.15) is 0 Å². The monoisotopic (exact) mass is 581 g/mol. The zero-order chi connectivity index (χ0) is 30.8. The number of nitrogens with zero attached hydrogens (tertiary/aromatic N) is 2. The fraction of sp³-hybridized carbons (Fsp3) is 0.581. The Balaban J connectivity index is 1.34. The predicted molar refractivity (Wildman–Crippen MR) is 158 cm³/mol. The number of aromatic amines is 1. The fourth-order valence-corrected chi connectivity index (χ4v) is 5.28. The third-order valence-electron chi connectivity index (χ3n) is 7.39. The van der Waals surface area contributed by atoms with Crippen LogP contribution in [0.2, 0.25) is 0 Å². The van der Waals surface area contributed by atoms with Gasteiger partial charge in [0.2, 0.25) is 11.8 Å². The molecule has 228 valence electrons. The first-order valence-electron chi connectivity index (χ1n) is 14.6. The van der Waals surface area contributed by atoms with Gasteiger partial charge >= 0.3 is 6.09 Å². The Kier molecular flexibility index (Phi) is 8.98. The quantitative estimate of drug-likeness (QED) is 0.386. The second kappa shape index (κ2) is 12.1. The van der Waals surface area contributed by atoms with Crippen LogP contribution in [0.15, 0.2) is 18.3 Å². The predicted octanol–water partition coefficient (Wildman–Crippen LogP) is 4.80. The molecule has 42 heavy (non-hydrogen) atoms. The Bertz CT molecular complexity index is 1330. The number of pyridine rings is 1. The van der Waals surface area contributed by atoms with Gasteiger partial charge in [-0.3, -0.25) is 14.4 Å². The minimum Gasteiger partial charge on any atom is -0.471 e. The minimum atomic E-state index is -0.769. The lowest BCUT2D eigenvalue weighted by molar-refractivity contribution is -0.118. The largest absolute Gasteiger partial charge is 0.471 e. The number of ether oxygens (including phenoxy) is 2. The lowest BCUT2D eigenvalue weighted by atomic mass is 9.75. The van der Waals surface area contributed by atoms with E-state index in [9.17, 15) is 19.2 Å². The van der Waals surface area contributed by atoms with E-state index < -0.39 is 17.6 Å². The summed E-state index contributed by atoms with van der Waals surface area (Å²) in [5, 5.41) is 5.71. The van der Waals surface area contributed by atoms with Crippen molar-refractivity contribution in [1.82, 2.24) is 20.2 Å². The van der Waals surface area contributed by atoms with Gasteiger partial charge in [-0.15, -0.1) is 0 Å². The van der Waals surface area contributed by atoms with Crippen molar-refractivity contribution in [3.05, 3.63) is 40.8 Å². The summed E-state index contributed by atoms with van der Waals surface area (Å²) in [6.07, 6.45) is 4.11. The maximum absolute atomic E-state index is 13.3.